The van der Waals surface area contributed by atoms with Crippen molar-refractivity contribution in [3.05, 3.63) is 24.4 Å². The lowest BCUT2D eigenvalue weighted by Crippen LogP contribution is -2.45. The molecule has 0 radical (unpaired) electrons. The second-order valence-electron chi connectivity index (χ2n) is 4.58. The van der Waals surface area contributed by atoms with E-state index >= 15 is 0 Å². The number of amides is 1. The largest absolute Gasteiger partial charge is 0.423 e. The van der Waals surface area contributed by atoms with Crippen LogP contribution in [0.3, 0.4) is 0 Å². The van der Waals surface area contributed by atoms with Crippen molar-refractivity contribution in [2.45, 2.75) is 38.3 Å². The third-order valence-corrected chi connectivity index (χ3v) is 3.82. The van der Waals surface area contributed by atoms with E-state index in [1.54, 1.807) is 11.1 Å². The number of carbonyl (C=O) groups excluding carboxylic acids is 1. The van der Waals surface area contributed by atoms with Crippen molar-refractivity contribution in [1.29, 1.82) is 0 Å². The van der Waals surface area contributed by atoms with E-state index in [1.807, 2.05) is 45.9 Å². The van der Waals surface area contributed by atoms with Gasteiger partial charge in [-0.15, -0.1) is 0 Å². The van der Waals surface area contributed by atoms with Gasteiger partial charge in [0.05, 0.1) is 0 Å². The van der Waals surface area contributed by atoms with Crippen molar-refractivity contribution in [2.75, 3.05) is 6.54 Å². The molecule has 0 N–H and O–H groups in total. The van der Waals surface area contributed by atoms with Crippen LogP contribution >= 0.6 is 21.9 Å². The lowest BCUT2D eigenvalue weighted by atomic mass is 10.1. The summed E-state index contributed by atoms with van der Waals surface area (Å²) in [6, 6.07) is 5.61. The highest BCUT2D eigenvalue weighted by molar-refractivity contribution is 8.75. The van der Waals surface area contributed by atoms with E-state index in [4.69, 9.17) is 4.18 Å². The fourth-order valence-electron chi connectivity index (χ4n) is 1.40. The Bertz CT molecular complexity index is 379. The fourth-order valence-corrected chi connectivity index (χ4v) is 2.67. The number of hydrogen-bond donors (Lipinski definition) is 0. The van der Waals surface area contributed by atoms with Crippen LogP contribution in [0.15, 0.2) is 29.4 Å². The van der Waals surface area contributed by atoms with Gasteiger partial charge in [-0.25, -0.2) is 9.78 Å². The molecule has 0 fully saturated rings. The molecule has 6 heteroatoms. The molecule has 0 saturated heterocycles. The van der Waals surface area contributed by atoms with Gasteiger partial charge in [0.25, 0.3) is 0 Å². The van der Waals surface area contributed by atoms with Crippen molar-refractivity contribution in [1.82, 2.24) is 9.88 Å². The zero-order valence-electron chi connectivity index (χ0n) is 11.0. The van der Waals surface area contributed by atoms with Gasteiger partial charge in [-0.1, -0.05) is 6.07 Å². The van der Waals surface area contributed by atoms with E-state index in [0.717, 1.165) is 16.1 Å². The first-order valence-corrected chi connectivity index (χ1v) is 7.76. The molecule has 0 aliphatic carbocycles. The topological polar surface area (TPSA) is 42.4 Å². The van der Waals surface area contributed by atoms with Gasteiger partial charge < -0.3 is 9.08 Å². The molecule has 1 amide bonds. The Morgan fingerprint density at radius 3 is 2.67 bits per heavy atom. The summed E-state index contributed by atoms with van der Waals surface area (Å²) in [7, 11) is 1.32. The zero-order chi connectivity index (χ0) is 13.6. The Hall–Kier alpha value is -0.880. The highest BCUT2D eigenvalue weighted by Crippen LogP contribution is 2.31. The maximum Gasteiger partial charge on any atom is 0.423 e. The molecule has 0 aromatic carbocycles. The summed E-state index contributed by atoms with van der Waals surface area (Å²) in [6.45, 7) is 8.50. The molecule has 0 unspecified atom stereocenters. The minimum Gasteiger partial charge on any atom is -0.363 e. The van der Waals surface area contributed by atoms with E-state index in [2.05, 4.69) is 4.98 Å². The van der Waals surface area contributed by atoms with Gasteiger partial charge in [0.2, 0.25) is 0 Å². The molecule has 100 valence electrons. The van der Waals surface area contributed by atoms with E-state index in [0.29, 0.717) is 6.54 Å². The molecule has 1 heterocycles. The predicted molar refractivity (Wildman–Crippen MR) is 76.3 cm³/mol. The number of pyridine rings is 1. The van der Waals surface area contributed by atoms with Gasteiger partial charge in [-0.3, -0.25) is 0 Å². The van der Waals surface area contributed by atoms with Crippen LogP contribution in [0.1, 0.15) is 27.7 Å². The molecule has 0 spiro atoms. The zero-order valence-corrected chi connectivity index (χ0v) is 12.7. The van der Waals surface area contributed by atoms with E-state index in [-0.39, 0.29) is 11.6 Å². The molecule has 0 saturated carbocycles. The molecule has 0 bridgehead atoms. The van der Waals surface area contributed by atoms with Gasteiger partial charge in [0, 0.05) is 29.1 Å². The van der Waals surface area contributed by atoms with Crippen LogP contribution in [0.25, 0.3) is 0 Å². The van der Waals surface area contributed by atoms with Crippen LogP contribution in [0, 0.1) is 0 Å². The SMILES string of the molecule is CCN(C(=O)OSSc1ccccn1)C(C)(C)C. The van der Waals surface area contributed by atoms with Crippen molar-refractivity contribution in [3.8, 4) is 0 Å². The summed E-state index contributed by atoms with van der Waals surface area (Å²) in [6.07, 6.45) is 1.39. The lowest BCUT2D eigenvalue weighted by molar-refractivity contribution is 0.117. The maximum absolute atomic E-state index is 11.9. The summed E-state index contributed by atoms with van der Waals surface area (Å²) in [4.78, 5) is 17.7. The Labute approximate surface area is 116 Å². The first-order chi connectivity index (χ1) is 8.45. The van der Waals surface area contributed by atoms with Crippen molar-refractivity contribution < 1.29 is 8.98 Å². The minimum absolute atomic E-state index is 0.234. The Balaban J connectivity index is 2.41. The monoisotopic (exact) mass is 286 g/mol. The second-order valence-corrected chi connectivity index (χ2v) is 6.38. The normalized spacial score (nSPS) is 11.1. The molecular formula is C12H18N2O2S2. The smallest absolute Gasteiger partial charge is 0.363 e. The molecule has 1 aromatic heterocycles. The average Bonchev–Trinajstić information content (AvgIpc) is 2.29. The van der Waals surface area contributed by atoms with Crippen LogP contribution in [0.2, 0.25) is 0 Å². The number of nitrogens with zero attached hydrogens (tertiary/aromatic N) is 2. The summed E-state index contributed by atoms with van der Waals surface area (Å²) in [5.41, 5.74) is -0.234. The third kappa shape index (κ3) is 4.78. The maximum atomic E-state index is 11.9. The standard InChI is InChI=1S/C12H18N2O2S2/c1-5-14(12(2,3)4)11(15)16-18-17-10-8-6-7-9-13-10/h6-9H,5H2,1-4H3. The molecule has 18 heavy (non-hydrogen) atoms. The van der Waals surface area contributed by atoms with Crippen LogP contribution in [0.4, 0.5) is 4.79 Å². The van der Waals surface area contributed by atoms with E-state index in [9.17, 15) is 4.79 Å². The van der Waals surface area contributed by atoms with E-state index in [1.165, 1.54) is 10.8 Å². The highest BCUT2D eigenvalue weighted by Gasteiger charge is 2.26. The first-order valence-electron chi connectivity index (χ1n) is 5.69. The van der Waals surface area contributed by atoms with Crippen molar-refractivity contribution in [2.24, 2.45) is 0 Å². The van der Waals surface area contributed by atoms with Gasteiger partial charge in [0.1, 0.15) is 16.1 Å². The van der Waals surface area contributed by atoms with Gasteiger partial charge >= 0.3 is 6.09 Å². The lowest BCUT2D eigenvalue weighted by Gasteiger charge is -2.33. The molecule has 0 aliphatic rings. The van der Waals surface area contributed by atoms with Crippen LogP contribution in [-0.2, 0) is 4.18 Å². The number of carbonyl (C=O) groups is 1. The van der Waals surface area contributed by atoms with Gasteiger partial charge in [-0.05, 0) is 39.8 Å². The second kappa shape index (κ2) is 6.89. The molecule has 0 aliphatic heterocycles. The quantitative estimate of drug-likeness (QED) is 0.618. The Morgan fingerprint density at radius 2 is 2.17 bits per heavy atom. The third-order valence-electron chi connectivity index (χ3n) is 2.21. The number of rotatable bonds is 4. The Morgan fingerprint density at radius 1 is 1.44 bits per heavy atom. The highest BCUT2D eigenvalue weighted by atomic mass is 33.1. The minimum atomic E-state index is -0.321. The van der Waals surface area contributed by atoms with Crippen molar-refractivity contribution in [3.63, 3.8) is 0 Å². The van der Waals surface area contributed by atoms with Crippen LogP contribution in [-0.4, -0.2) is 28.1 Å². The average molecular weight is 286 g/mol. The van der Waals surface area contributed by atoms with E-state index < -0.39 is 0 Å². The first kappa shape index (κ1) is 15.2. The molecule has 1 aromatic rings. The number of hydrogen-bond acceptors (Lipinski definition) is 5. The van der Waals surface area contributed by atoms with Crippen LogP contribution in [0.5, 0.6) is 0 Å². The predicted octanol–water partition coefficient (Wildman–Crippen LogP) is 3.99. The van der Waals surface area contributed by atoms with Crippen molar-refractivity contribution >= 4 is 28.0 Å². The fraction of sp³-hybridized carbons (Fsp3) is 0.500. The summed E-state index contributed by atoms with van der Waals surface area (Å²) >= 11 is 1.04. The van der Waals surface area contributed by atoms with Gasteiger partial charge in [-0.2, -0.15) is 0 Å². The molecule has 1 rings (SSSR count). The van der Waals surface area contributed by atoms with Crippen LogP contribution < -0.4 is 0 Å². The summed E-state index contributed by atoms with van der Waals surface area (Å²) in [5.74, 6) is 0. The summed E-state index contributed by atoms with van der Waals surface area (Å²) in [5, 5.41) is 0.814. The molecular weight excluding hydrogens is 268 g/mol. The number of aromatic nitrogens is 1. The summed E-state index contributed by atoms with van der Waals surface area (Å²) < 4.78 is 5.15. The van der Waals surface area contributed by atoms with Gasteiger partial charge in [0.15, 0.2) is 0 Å². The molecule has 0 atom stereocenters. The Kier molecular flexibility index (Phi) is 5.81. The molecule has 4 nitrogen and oxygen atoms in total.